The van der Waals surface area contributed by atoms with Crippen LogP contribution in [0, 0.1) is 5.82 Å². The third kappa shape index (κ3) is 4.14. The van der Waals surface area contributed by atoms with E-state index in [2.05, 4.69) is 9.80 Å². The molecule has 2 rings (SSSR count). The van der Waals surface area contributed by atoms with Crippen molar-refractivity contribution in [2.75, 3.05) is 39.3 Å². The van der Waals surface area contributed by atoms with E-state index in [1.165, 1.54) is 6.07 Å². The summed E-state index contributed by atoms with van der Waals surface area (Å²) in [6.45, 7) is 6.34. The summed E-state index contributed by atoms with van der Waals surface area (Å²) in [5.74, 6) is -0.210. The first-order valence-electron chi connectivity index (χ1n) is 6.78. The highest BCUT2D eigenvalue weighted by atomic mass is 35.5. The molecule has 3 nitrogen and oxygen atoms in total. The molecule has 106 valence electrons. The van der Waals surface area contributed by atoms with Gasteiger partial charge in [0.25, 0.3) is 0 Å². The van der Waals surface area contributed by atoms with Crippen LogP contribution in [0.1, 0.15) is 12.0 Å². The Bertz CT molecular complexity index is 385. The summed E-state index contributed by atoms with van der Waals surface area (Å²) in [7, 11) is 0. The standard InChI is InChI=1S/C14H21ClFN3/c15-13-3-1-4-14(16)12(13)11-19-9-7-18(8-10-19)6-2-5-17/h1,3-4H,2,5-11,17H2. The van der Waals surface area contributed by atoms with Gasteiger partial charge in [0.05, 0.1) is 0 Å². The molecule has 1 aromatic carbocycles. The lowest BCUT2D eigenvalue weighted by Gasteiger charge is -2.34. The lowest BCUT2D eigenvalue weighted by Crippen LogP contribution is -2.46. The monoisotopic (exact) mass is 285 g/mol. The summed E-state index contributed by atoms with van der Waals surface area (Å²) in [6, 6.07) is 4.86. The van der Waals surface area contributed by atoms with Crippen molar-refractivity contribution in [1.82, 2.24) is 9.80 Å². The highest BCUT2D eigenvalue weighted by Gasteiger charge is 2.18. The minimum atomic E-state index is -0.210. The highest BCUT2D eigenvalue weighted by molar-refractivity contribution is 6.31. The van der Waals surface area contributed by atoms with Gasteiger partial charge in [-0.3, -0.25) is 4.90 Å². The maximum Gasteiger partial charge on any atom is 0.129 e. The Labute approximate surface area is 119 Å². The second kappa shape index (κ2) is 7.20. The number of rotatable bonds is 5. The van der Waals surface area contributed by atoms with Crippen molar-refractivity contribution in [1.29, 1.82) is 0 Å². The van der Waals surface area contributed by atoms with E-state index in [1.807, 2.05) is 0 Å². The maximum absolute atomic E-state index is 13.7. The molecule has 1 aliphatic heterocycles. The van der Waals surface area contributed by atoms with Crippen molar-refractivity contribution in [2.24, 2.45) is 5.73 Å². The smallest absolute Gasteiger partial charge is 0.129 e. The first kappa shape index (κ1) is 14.7. The molecule has 19 heavy (non-hydrogen) atoms. The molecule has 1 saturated heterocycles. The average molecular weight is 286 g/mol. The van der Waals surface area contributed by atoms with Crippen molar-refractivity contribution in [3.05, 3.63) is 34.6 Å². The summed E-state index contributed by atoms with van der Waals surface area (Å²) in [5.41, 5.74) is 6.13. The summed E-state index contributed by atoms with van der Waals surface area (Å²) < 4.78 is 13.7. The van der Waals surface area contributed by atoms with Gasteiger partial charge in [-0.1, -0.05) is 17.7 Å². The summed E-state index contributed by atoms with van der Waals surface area (Å²) in [5, 5.41) is 0.519. The third-order valence-corrected chi connectivity index (χ3v) is 3.94. The van der Waals surface area contributed by atoms with Gasteiger partial charge < -0.3 is 10.6 Å². The van der Waals surface area contributed by atoms with Crippen LogP contribution in [-0.4, -0.2) is 49.1 Å². The Morgan fingerprint density at radius 2 is 1.84 bits per heavy atom. The van der Waals surface area contributed by atoms with Crippen molar-refractivity contribution in [2.45, 2.75) is 13.0 Å². The fourth-order valence-corrected chi connectivity index (χ4v) is 2.62. The van der Waals surface area contributed by atoms with Crippen LogP contribution >= 0.6 is 11.6 Å². The molecule has 1 heterocycles. The molecule has 0 aliphatic carbocycles. The molecule has 1 aliphatic rings. The minimum absolute atomic E-state index is 0.210. The van der Waals surface area contributed by atoms with Crippen LogP contribution in [0.25, 0.3) is 0 Å². The van der Waals surface area contributed by atoms with E-state index in [0.717, 1.165) is 45.7 Å². The Hall–Kier alpha value is -0.680. The van der Waals surface area contributed by atoms with Crippen LogP contribution in [0.4, 0.5) is 4.39 Å². The molecule has 0 aromatic heterocycles. The molecule has 0 radical (unpaired) electrons. The third-order valence-electron chi connectivity index (χ3n) is 3.59. The normalized spacial score (nSPS) is 17.8. The van der Waals surface area contributed by atoms with E-state index < -0.39 is 0 Å². The van der Waals surface area contributed by atoms with Gasteiger partial charge in [-0.2, -0.15) is 0 Å². The Kier molecular flexibility index (Phi) is 5.58. The van der Waals surface area contributed by atoms with Gasteiger partial charge in [-0.25, -0.2) is 4.39 Å². The fourth-order valence-electron chi connectivity index (χ4n) is 2.39. The summed E-state index contributed by atoms with van der Waals surface area (Å²) in [6.07, 6.45) is 1.04. The van der Waals surface area contributed by atoms with Crippen molar-refractivity contribution in [3.8, 4) is 0 Å². The predicted molar refractivity (Wildman–Crippen MR) is 76.8 cm³/mol. The van der Waals surface area contributed by atoms with Crippen molar-refractivity contribution in [3.63, 3.8) is 0 Å². The SMILES string of the molecule is NCCCN1CCN(Cc2c(F)cccc2Cl)CC1. The summed E-state index contributed by atoms with van der Waals surface area (Å²) >= 11 is 6.05. The Morgan fingerprint density at radius 1 is 1.16 bits per heavy atom. The second-order valence-electron chi connectivity index (χ2n) is 4.96. The van der Waals surface area contributed by atoms with Gasteiger partial charge >= 0.3 is 0 Å². The van der Waals surface area contributed by atoms with E-state index >= 15 is 0 Å². The molecule has 0 unspecified atom stereocenters. The first-order valence-corrected chi connectivity index (χ1v) is 7.16. The van der Waals surface area contributed by atoms with Crippen LogP contribution in [0.5, 0.6) is 0 Å². The molecule has 1 fully saturated rings. The number of nitrogens with two attached hydrogens (primary N) is 1. The topological polar surface area (TPSA) is 32.5 Å². The molecule has 0 saturated carbocycles. The maximum atomic E-state index is 13.7. The molecule has 0 spiro atoms. The number of hydrogen-bond donors (Lipinski definition) is 1. The van der Waals surface area contributed by atoms with Crippen molar-refractivity contribution >= 4 is 11.6 Å². The first-order chi connectivity index (χ1) is 9.20. The molecule has 0 amide bonds. The quantitative estimate of drug-likeness (QED) is 0.897. The Morgan fingerprint density at radius 3 is 2.47 bits per heavy atom. The van der Waals surface area contributed by atoms with E-state index in [0.29, 0.717) is 17.1 Å². The molecule has 0 atom stereocenters. The van der Waals surface area contributed by atoms with Crippen molar-refractivity contribution < 1.29 is 4.39 Å². The zero-order valence-electron chi connectivity index (χ0n) is 11.1. The molecule has 2 N–H and O–H groups in total. The van der Waals surface area contributed by atoms with Gasteiger partial charge in [0, 0.05) is 43.3 Å². The zero-order valence-corrected chi connectivity index (χ0v) is 11.9. The predicted octanol–water partition coefficient (Wildman–Crippen LogP) is 1.95. The highest BCUT2D eigenvalue weighted by Crippen LogP contribution is 2.21. The largest absolute Gasteiger partial charge is 0.330 e. The van der Waals surface area contributed by atoms with E-state index in [4.69, 9.17) is 17.3 Å². The zero-order chi connectivity index (χ0) is 13.7. The minimum Gasteiger partial charge on any atom is -0.330 e. The van der Waals surface area contributed by atoms with Gasteiger partial charge in [0.2, 0.25) is 0 Å². The van der Waals surface area contributed by atoms with Crippen LogP contribution in [0.2, 0.25) is 5.02 Å². The van der Waals surface area contributed by atoms with E-state index in [9.17, 15) is 4.39 Å². The molecular formula is C14H21ClFN3. The molecule has 5 heteroatoms. The molecular weight excluding hydrogens is 265 g/mol. The number of benzene rings is 1. The van der Waals surface area contributed by atoms with Crippen LogP contribution in [0.3, 0.4) is 0 Å². The molecule has 1 aromatic rings. The Balaban J connectivity index is 1.85. The van der Waals surface area contributed by atoms with Gasteiger partial charge in [-0.05, 0) is 31.6 Å². The fraction of sp³-hybridized carbons (Fsp3) is 0.571. The molecule has 0 bridgehead atoms. The van der Waals surface area contributed by atoms with Crippen LogP contribution in [-0.2, 0) is 6.54 Å². The van der Waals surface area contributed by atoms with Gasteiger partial charge in [-0.15, -0.1) is 0 Å². The number of halogens is 2. The van der Waals surface area contributed by atoms with Crippen LogP contribution in [0.15, 0.2) is 18.2 Å². The summed E-state index contributed by atoms with van der Waals surface area (Å²) in [4.78, 5) is 4.66. The average Bonchev–Trinajstić information content (AvgIpc) is 2.42. The number of hydrogen-bond acceptors (Lipinski definition) is 3. The van der Waals surface area contributed by atoms with E-state index in [-0.39, 0.29) is 5.82 Å². The van der Waals surface area contributed by atoms with Gasteiger partial charge in [0.1, 0.15) is 5.82 Å². The lowest BCUT2D eigenvalue weighted by molar-refractivity contribution is 0.126. The number of nitrogens with zero attached hydrogens (tertiary/aromatic N) is 2. The lowest BCUT2D eigenvalue weighted by atomic mass is 10.2. The number of piperazine rings is 1. The van der Waals surface area contributed by atoms with Gasteiger partial charge in [0.15, 0.2) is 0 Å². The second-order valence-corrected chi connectivity index (χ2v) is 5.37. The van der Waals surface area contributed by atoms with Crippen LogP contribution < -0.4 is 5.73 Å². The van der Waals surface area contributed by atoms with E-state index in [1.54, 1.807) is 12.1 Å².